The van der Waals surface area contributed by atoms with Gasteiger partial charge in [-0.15, -0.1) is 5.10 Å². The summed E-state index contributed by atoms with van der Waals surface area (Å²) in [4.78, 5) is 7.93. The van der Waals surface area contributed by atoms with E-state index in [1.165, 1.54) is 23.0 Å². The number of nitriles is 1. The van der Waals surface area contributed by atoms with Crippen LogP contribution in [-0.2, 0) is 12.5 Å². The van der Waals surface area contributed by atoms with E-state index < -0.39 is 5.92 Å². The molecule has 0 aliphatic carbocycles. The smallest absolute Gasteiger partial charge is 0.250 e. The first-order valence-electron chi connectivity index (χ1n) is 7.06. The minimum Gasteiger partial charge on any atom is -0.250 e. The van der Waals surface area contributed by atoms with Crippen molar-refractivity contribution in [3.05, 3.63) is 59.8 Å². The van der Waals surface area contributed by atoms with Gasteiger partial charge in [-0.05, 0) is 24.3 Å². The van der Waals surface area contributed by atoms with Crippen LogP contribution in [0.4, 0.5) is 8.78 Å². The second-order valence-electron chi connectivity index (χ2n) is 5.25. The fourth-order valence-corrected chi connectivity index (χ4v) is 2.10. The van der Waals surface area contributed by atoms with E-state index in [4.69, 9.17) is 5.26 Å². The molecule has 0 spiro atoms. The zero-order valence-electron chi connectivity index (χ0n) is 12.7. The predicted octanol–water partition coefficient (Wildman–Crippen LogP) is 2.77. The number of rotatable bonds is 4. The maximum atomic E-state index is 13.3. The number of nitrogens with zero attached hydrogens (tertiary/aromatic N) is 6. The van der Waals surface area contributed by atoms with Gasteiger partial charge in [0.1, 0.15) is 23.2 Å². The molecule has 8 heteroatoms. The summed E-state index contributed by atoms with van der Waals surface area (Å²) in [5.41, 5.74) is 1.78. The van der Waals surface area contributed by atoms with Gasteiger partial charge in [-0.1, -0.05) is 11.3 Å². The van der Waals surface area contributed by atoms with Crippen molar-refractivity contribution in [3.63, 3.8) is 0 Å². The molecule has 0 bridgehead atoms. The second kappa shape index (κ2) is 6.12. The van der Waals surface area contributed by atoms with E-state index in [-0.39, 0.29) is 12.2 Å². The summed E-state index contributed by atoms with van der Waals surface area (Å²) in [7, 11) is 0. The van der Waals surface area contributed by atoms with Gasteiger partial charge in [-0.2, -0.15) is 14.0 Å². The Kier molecular flexibility index (Phi) is 4.00. The maximum Gasteiger partial charge on any atom is 0.286 e. The number of hydrogen-bond acceptors (Lipinski definition) is 5. The summed E-state index contributed by atoms with van der Waals surface area (Å²) >= 11 is 0. The lowest BCUT2D eigenvalue weighted by Gasteiger charge is -2.10. The van der Waals surface area contributed by atoms with Crippen LogP contribution in [0.1, 0.15) is 24.0 Å². The van der Waals surface area contributed by atoms with E-state index in [1.807, 2.05) is 6.07 Å². The fourth-order valence-electron chi connectivity index (χ4n) is 2.10. The molecule has 0 aliphatic rings. The van der Waals surface area contributed by atoms with E-state index in [1.54, 1.807) is 24.4 Å². The molecule has 6 nitrogen and oxygen atoms in total. The van der Waals surface area contributed by atoms with E-state index in [0.29, 0.717) is 22.6 Å². The standard InChI is InChI=1S/C16H12F2N6/c1-16(17,18)15-4-2-3-13(21-15)9-24-10-14(22-23-24)11-5-6-12(7-19)20-8-11/h2-6,8,10H,9H2,1H3. The molecule has 0 N–H and O–H groups in total. The lowest BCUT2D eigenvalue weighted by molar-refractivity contribution is 0.0125. The van der Waals surface area contributed by atoms with Gasteiger partial charge in [0.05, 0.1) is 18.4 Å². The Balaban J connectivity index is 1.80. The number of alkyl halides is 2. The third-order valence-corrected chi connectivity index (χ3v) is 3.29. The van der Waals surface area contributed by atoms with E-state index in [2.05, 4.69) is 20.3 Å². The van der Waals surface area contributed by atoms with Crippen molar-refractivity contribution in [1.29, 1.82) is 5.26 Å². The highest BCUT2D eigenvalue weighted by Gasteiger charge is 2.26. The van der Waals surface area contributed by atoms with Crippen molar-refractivity contribution in [1.82, 2.24) is 25.0 Å². The summed E-state index contributed by atoms with van der Waals surface area (Å²) < 4.78 is 28.2. The minimum absolute atomic E-state index is 0.223. The van der Waals surface area contributed by atoms with Crippen molar-refractivity contribution in [2.45, 2.75) is 19.4 Å². The van der Waals surface area contributed by atoms with Crippen LogP contribution in [0.25, 0.3) is 11.3 Å². The Hall–Kier alpha value is -3.21. The molecule has 3 rings (SSSR count). The Morgan fingerprint density at radius 1 is 1.25 bits per heavy atom. The van der Waals surface area contributed by atoms with Crippen LogP contribution in [-0.4, -0.2) is 25.0 Å². The molecule has 3 aromatic heterocycles. The molecule has 0 aliphatic heterocycles. The first kappa shape index (κ1) is 15.7. The zero-order chi connectivity index (χ0) is 17.2. The molecule has 0 radical (unpaired) electrons. The number of pyridine rings is 2. The van der Waals surface area contributed by atoms with Gasteiger partial charge in [0.15, 0.2) is 0 Å². The molecule has 0 fully saturated rings. The largest absolute Gasteiger partial charge is 0.286 e. The van der Waals surface area contributed by atoms with Crippen molar-refractivity contribution in [3.8, 4) is 17.3 Å². The highest BCUT2D eigenvalue weighted by Crippen LogP contribution is 2.25. The summed E-state index contributed by atoms with van der Waals surface area (Å²) in [6, 6.07) is 9.73. The SMILES string of the molecule is CC(F)(F)c1cccc(Cn2cc(-c3ccc(C#N)nc3)nn2)n1. The Bertz CT molecular complexity index is 890. The van der Waals surface area contributed by atoms with Crippen LogP contribution in [0.15, 0.2) is 42.7 Å². The monoisotopic (exact) mass is 326 g/mol. The molecular formula is C16H12F2N6. The van der Waals surface area contributed by atoms with Crippen LogP contribution < -0.4 is 0 Å². The zero-order valence-corrected chi connectivity index (χ0v) is 12.7. The molecule has 0 atom stereocenters. The lowest BCUT2D eigenvalue weighted by Crippen LogP contribution is -2.12. The Labute approximate surface area is 136 Å². The molecule has 3 aromatic rings. The summed E-state index contributed by atoms with van der Waals surface area (Å²) in [6.45, 7) is 1.03. The minimum atomic E-state index is -2.99. The fraction of sp³-hybridized carbons (Fsp3) is 0.188. The first-order valence-corrected chi connectivity index (χ1v) is 7.06. The van der Waals surface area contributed by atoms with Crippen LogP contribution in [0.5, 0.6) is 0 Å². The van der Waals surface area contributed by atoms with Crippen LogP contribution in [0.2, 0.25) is 0 Å². The number of hydrogen-bond donors (Lipinski definition) is 0. The molecule has 24 heavy (non-hydrogen) atoms. The molecule has 0 saturated heterocycles. The Morgan fingerprint density at radius 2 is 2.08 bits per heavy atom. The van der Waals surface area contributed by atoms with Gasteiger partial charge in [-0.3, -0.25) is 0 Å². The third-order valence-electron chi connectivity index (χ3n) is 3.29. The molecule has 0 amide bonds. The van der Waals surface area contributed by atoms with Gasteiger partial charge >= 0.3 is 0 Å². The molecule has 0 saturated carbocycles. The highest BCUT2D eigenvalue weighted by molar-refractivity contribution is 5.56. The van der Waals surface area contributed by atoms with Crippen LogP contribution in [0.3, 0.4) is 0 Å². The number of aromatic nitrogens is 5. The molecule has 0 aromatic carbocycles. The summed E-state index contributed by atoms with van der Waals surface area (Å²) in [5.74, 6) is -2.99. The normalized spacial score (nSPS) is 11.2. The molecule has 120 valence electrons. The molecular weight excluding hydrogens is 314 g/mol. The van der Waals surface area contributed by atoms with Gasteiger partial charge in [0.2, 0.25) is 0 Å². The average Bonchev–Trinajstić information content (AvgIpc) is 3.03. The van der Waals surface area contributed by atoms with E-state index in [0.717, 1.165) is 6.92 Å². The van der Waals surface area contributed by atoms with Gasteiger partial charge < -0.3 is 0 Å². The molecule has 3 heterocycles. The summed E-state index contributed by atoms with van der Waals surface area (Å²) in [5, 5.41) is 16.7. The quantitative estimate of drug-likeness (QED) is 0.736. The van der Waals surface area contributed by atoms with Crippen LogP contribution in [0, 0.1) is 11.3 Å². The van der Waals surface area contributed by atoms with Crippen LogP contribution >= 0.6 is 0 Å². The van der Waals surface area contributed by atoms with Crippen molar-refractivity contribution >= 4 is 0 Å². The first-order chi connectivity index (χ1) is 11.5. The Morgan fingerprint density at radius 3 is 2.75 bits per heavy atom. The maximum absolute atomic E-state index is 13.3. The van der Waals surface area contributed by atoms with E-state index in [9.17, 15) is 8.78 Å². The topological polar surface area (TPSA) is 80.3 Å². The molecule has 0 unspecified atom stereocenters. The second-order valence-corrected chi connectivity index (χ2v) is 5.25. The highest BCUT2D eigenvalue weighted by atomic mass is 19.3. The number of halogens is 2. The average molecular weight is 326 g/mol. The van der Waals surface area contributed by atoms with Crippen molar-refractivity contribution in [2.24, 2.45) is 0 Å². The van der Waals surface area contributed by atoms with Crippen molar-refractivity contribution in [2.75, 3.05) is 0 Å². The lowest BCUT2D eigenvalue weighted by atomic mass is 10.2. The van der Waals surface area contributed by atoms with E-state index >= 15 is 0 Å². The third kappa shape index (κ3) is 3.41. The summed E-state index contributed by atoms with van der Waals surface area (Å²) in [6.07, 6.45) is 3.20. The predicted molar refractivity (Wildman–Crippen MR) is 80.9 cm³/mol. The van der Waals surface area contributed by atoms with Gasteiger partial charge in [-0.25, -0.2) is 14.6 Å². The van der Waals surface area contributed by atoms with Gasteiger partial charge in [0.25, 0.3) is 5.92 Å². The van der Waals surface area contributed by atoms with Crippen molar-refractivity contribution < 1.29 is 8.78 Å². The van der Waals surface area contributed by atoms with Gasteiger partial charge in [0, 0.05) is 18.7 Å².